The molecule has 0 radical (unpaired) electrons. The van der Waals surface area contributed by atoms with E-state index in [9.17, 15) is 4.79 Å². The number of nitriles is 2. The van der Waals surface area contributed by atoms with Crippen LogP contribution in [0, 0.1) is 22.7 Å². The number of carbonyl (C=O) groups excluding carboxylic acids is 1. The van der Waals surface area contributed by atoms with Gasteiger partial charge in [-0.3, -0.25) is 10.1 Å². The molecule has 0 atom stereocenters. The van der Waals surface area contributed by atoms with E-state index < -0.39 is 0 Å². The van der Waals surface area contributed by atoms with Gasteiger partial charge < -0.3 is 9.32 Å². The number of hydrogen-bond acceptors (Lipinski definition) is 8. The Labute approximate surface area is 179 Å². The van der Waals surface area contributed by atoms with Gasteiger partial charge in [0.2, 0.25) is 0 Å². The van der Waals surface area contributed by atoms with Gasteiger partial charge in [0, 0.05) is 19.2 Å². The summed E-state index contributed by atoms with van der Waals surface area (Å²) in [6, 6.07) is 14.6. The summed E-state index contributed by atoms with van der Waals surface area (Å²) in [6.45, 7) is 2.70. The summed E-state index contributed by atoms with van der Waals surface area (Å²) in [5.74, 6) is 0.729. The Hall–Kier alpha value is -3.92. The summed E-state index contributed by atoms with van der Waals surface area (Å²) >= 11 is 0. The van der Waals surface area contributed by atoms with Gasteiger partial charge in [0.15, 0.2) is 5.88 Å². The molecule has 1 aliphatic heterocycles. The van der Waals surface area contributed by atoms with E-state index >= 15 is 0 Å². The average Bonchev–Trinajstić information content (AvgIpc) is 3.35. The van der Waals surface area contributed by atoms with Crippen LogP contribution in [0.1, 0.15) is 31.1 Å². The molecule has 1 N–H and O–H groups in total. The molecule has 2 heterocycles. The van der Waals surface area contributed by atoms with Crippen molar-refractivity contribution in [3.05, 3.63) is 53.3 Å². The number of furan rings is 1. The summed E-state index contributed by atoms with van der Waals surface area (Å²) in [7, 11) is 0. The molecule has 31 heavy (non-hydrogen) atoms. The van der Waals surface area contributed by atoms with Crippen molar-refractivity contribution < 1.29 is 19.4 Å². The Morgan fingerprint density at radius 2 is 1.84 bits per heavy atom. The van der Waals surface area contributed by atoms with Crippen molar-refractivity contribution >= 4 is 29.3 Å². The molecule has 1 aromatic carbocycles. The van der Waals surface area contributed by atoms with Crippen LogP contribution >= 0.6 is 0 Å². The normalized spacial score (nSPS) is 14.5. The average molecular weight is 419 g/mol. The van der Waals surface area contributed by atoms with Crippen molar-refractivity contribution in [1.82, 2.24) is 0 Å². The second-order valence-electron chi connectivity index (χ2n) is 6.78. The molecule has 158 valence electrons. The lowest BCUT2D eigenvalue weighted by Gasteiger charge is -2.18. The Morgan fingerprint density at radius 3 is 2.45 bits per heavy atom. The van der Waals surface area contributed by atoms with Crippen LogP contribution in [0.5, 0.6) is 0 Å². The van der Waals surface area contributed by atoms with E-state index in [1.807, 2.05) is 4.90 Å². The highest BCUT2D eigenvalue weighted by Crippen LogP contribution is 2.27. The Balaban J connectivity index is 1.78. The van der Waals surface area contributed by atoms with Crippen LogP contribution in [0.3, 0.4) is 0 Å². The predicted molar refractivity (Wildman–Crippen MR) is 114 cm³/mol. The zero-order valence-electron chi connectivity index (χ0n) is 17.0. The molecule has 0 saturated carbocycles. The van der Waals surface area contributed by atoms with Crippen molar-refractivity contribution in [1.29, 1.82) is 10.5 Å². The predicted octanol–water partition coefficient (Wildman–Crippen LogP) is 3.71. The lowest BCUT2D eigenvalue weighted by atomic mass is 10.1. The highest BCUT2D eigenvalue weighted by molar-refractivity contribution is 6.32. The molecule has 1 amide bonds. The van der Waals surface area contributed by atoms with E-state index in [4.69, 9.17) is 20.2 Å². The lowest BCUT2D eigenvalue weighted by molar-refractivity contribution is -0.253. The third-order valence-corrected chi connectivity index (χ3v) is 4.67. The van der Waals surface area contributed by atoms with Gasteiger partial charge in [-0.15, -0.1) is 0 Å². The quantitative estimate of drug-likeness (QED) is 0.373. The van der Waals surface area contributed by atoms with Gasteiger partial charge in [-0.05, 0) is 36.8 Å². The van der Waals surface area contributed by atoms with Crippen LogP contribution in [0.2, 0.25) is 0 Å². The molecule has 0 saturated heterocycles. The smallest absolute Gasteiger partial charge is 0.280 e. The minimum atomic E-state index is -0.285. The molecule has 0 unspecified atom stereocenters. The van der Waals surface area contributed by atoms with Gasteiger partial charge in [-0.1, -0.05) is 12.1 Å². The van der Waals surface area contributed by atoms with Crippen molar-refractivity contribution in [2.45, 2.75) is 26.4 Å². The van der Waals surface area contributed by atoms with Gasteiger partial charge in [0.1, 0.15) is 12.4 Å². The topological polar surface area (TPSA) is 126 Å². The van der Waals surface area contributed by atoms with Crippen molar-refractivity contribution in [3.8, 4) is 12.1 Å². The first-order chi connectivity index (χ1) is 15.1. The van der Waals surface area contributed by atoms with Crippen LogP contribution in [-0.2, 0) is 16.3 Å². The van der Waals surface area contributed by atoms with E-state index in [0.717, 1.165) is 5.56 Å². The highest BCUT2D eigenvalue weighted by atomic mass is 17.1. The summed E-state index contributed by atoms with van der Waals surface area (Å²) in [6.07, 6.45) is 2.25. The fraction of sp³-hybridized carbons (Fsp3) is 0.273. The monoisotopic (exact) mass is 419 g/mol. The summed E-state index contributed by atoms with van der Waals surface area (Å²) < 4.78 is 5.85. The molecular weight excluding hydrogens is 398 g/mol. The molecule has 1 aromatic heterocycles. The SMILES string of the molecule is CC1=NN(c2ccc(COO)cc2)C(=O)/C1=C/c1ccc(N(CCC#N)CCC#N)o1. The van der Waals surface area contributed by atoms with Gasteiger partial charge in [0.05, 0.1) is 42.0 Å². The first-order valence-electron chi connectivity index (χ1n) is 9.63. The molecule has 0 aliphatic carbocycles. The Bertz CT molecular complexity index is 1050. The molecule has 0 spiro atoms. The molecule has 1 aliphatic rings. The lowest BCUT2D eigenvalue weighted by Crippen LogP contribution is -2.24. The van der Waals surface area contributed by atoms with Crippen LogP contribution in [-0.4, -0.2) is 30.0 Å². The molecule has 3 rings (SSSR count). The van der Waals surface area contributed by atoms with E-state index in [-0.39, 0.29) is 12.5 Å². The van der Waals surface area contributed by atoms with Gasteiger partial charge >= 0.3 is 0 Å². The van der Waals surface area contributed by atoms with E-state index in [2.05, 4.69) is 22.1 Å². The van der Waals surface area contributed by atoms with Crippen LogP contribution in [0.15, 0.2) is 51.5 Å². The van der Waals surface area contributed by atoms with Crippen molar-refractivity contribution in [3.63, 3.8) is 0 Å². The maximum absolute atomic E-state index is 12.9. The zero-order valence-corrected chi connectivity index (χ0v) is 17.0. The third-order valence-electron chi connectivity index (χ3n) is 4.67. The molecular formula is C22H21N5O4. The second-order valence-corrected chi connectivity index (χ2v) is 6.78. The minimum Gasteiger partial charge on any atom is -0.441 e. The van der Waals surface area contributed by atoms with E-state index in [1.54, 1.807) is 49.4 Å². The van der Waals surface area contributed by atoms with Crippen LogP contribution in [0.4, 0.5) is 11.6 Å². The number of nitrogens with zero attached hydrogens (tertiary/aromatic N) is 5. The molecule has 9 nitrogen and oxygen atoms in total. The van der Waals surface area contributed by atoms with Crippen LogP contribution < -0.4 is 9.91 Å². The van der Waals surface area contributed by atoms with E-state index in [0.29, 0.717) is 54.5 Å². The number of amides is 1. The number of carbonyl (C=O) groups is 1. The van der Waals surface area contributed by atoms with Crippen LogP contribution in [0.25, 0.3) is 6.08 Å². The number of anilines is 2. The Morgan fingerprint density at radius 1 is 1.16 bits per heavy atom. The fourth-order valence-electron chi connectivity index (χ4n) is 3.10. The number of hydrazone groups is 1. The summed E-state index contributed by atoms with van der Waals surface area (Å²) in [5, 5.41) is 31.9. The summed E-state index contributed by atoms with van der Waals surface area (Å²) in [5.41, 5.74) is 2.31. The number of benzene rings is 1. The van der Waals surface area contributed by atoms with Gasteiger partial charge in [-0.2, -0.15) is 20.6 Å². The van der Waals surface area contributed by atoms with E-state index in [1.165, 1.54) is 5.01 Å². The highest BCUT2D eigenvalue weighted by Gasteiger charge is 2.29. The number of hydrogen-bond donors (Lipinski definition) is 1. The Kier molecular flexibility index (Phi) is 7.17. The van der Waals surface area contributed by atoms with Gasteiger partial charge in [0.25, 0.3) is 5.91 Å². The molecule has 0 fully saturated rings. The summed E-state index contributed by atoms with van der Waals surface area (Å²) in [4.78, 5) is 18.9. The standard InChI is InChI=1S/C22H21N5O4/c1-16-20(22(28)27(25-16)18-6-4-17(5-7-18)15-30-29)14-19-8-9-21(31-19)26(12-2-10-23)13-3-11-24/h4-9,14,29H,2-3,12-13,15H2,1H3/b20-14+. The zero-order chi connectivity index (χ0) is 22.2. The number of rotatable bonds is 9. The molecule has 0 bridgehead atoms. The first kappa shape index (κ1) is 21.8. The fourth-order valence-corrected chi connectivity index (χ4v) is 3.10. The van der Waals surface area contributed by atoms with Gasteiger partial charge in [-0.25, -0.2) is 4.89 Å². The maximum atomic E-state index is 12.9. The maximum Gasteiger partial charge on any atom is 0.280 e. The third kappa shape index (κ3) is 5.17. The van der Waals surface area contributed by atoms with Crippen molar-refractivity contribution in [2.75, 3.05) is 23.0 Å². The first-order valence-corrected chi connectivity index (χ1v) is 9.63. The second kappa shape index (κ2) is 10.2. The minimum absolute atomic E-state index is 0.0578. The van der Waals surface area contributed by atoms with Crippen molar-refractivity contribution in [2.24, 2.45) is 5.10 Å². The molecule has 2 aromatic rings. The largest absolute Gasteiger partial charge is 0.441 e. The molecule has 9 heteroatoms.